The highest BCUT2D eigenvalue weighted by Crippen LogP contribution is 2.09. The van der Waals surface area contributed by atoms with Crippen molar-refractivity contribution in [3.05, 3.63) is 54.0 Å². The first-order valence-electron chi connectivity index (χ1n) is 5.57. The van der Waals surface area contributed by atoms with Gasteiger partial charge in [0.05, 0.1) is 12.8 Å². The molecule has 19 heavy (non-hydrogen) atoms. The van der Waals surface area contributed by atoms with E-state index in [4.69, 9.17) is 4.42 Å². The highest BCUT2D eigenvalue weighted by atomic mass is 19.4. The van der Waals surface area contributed by atoms with Crippen LogP contribution in [-0.2, 0) is 6.54 Å². The highest BCUT2D eigenvalue weighted by molar-refractivity contribution is 6.73. The number of carbonyl (C=O) groups excluding carboxylic acids is 1. The second kappa shape index (κ2) is 5.21. The van der Waals surface area contributed by atoms with E-state index in [0.29, 0.717) is 5.76 Å². The molecule has 0 radical (unpaired) electrons. The quantitative estimate of drug-likeness (QED) is 0.864. The van der Waals surface area contributed by atoms with Crippen molar-refractivity contribution >= 4 is 18.3 Å². The molecule has 0 spiro atoms. The number of nitrogens with one attached hydrogen (secondary N) is 1. The molecule has 0 saturated heterocycles. The second-order valence-corrected chi connectivity index (χ2v) is 3.96. The molecule has 3 nitrogen and oxygen atoms in total. The summed E-state index contributed by atoms with van der Waals surface area (Å²) in [6.07, 6.45) is 1.47. The Bertz CT molecular complexity index is 549. The van der Waals surface area contributed by atoms with Crippen molar-refractivity contribution < 1.29 is 22.2 Å². The number of hydrogen-bond acceptors (Lipinski definition) is 2. The molecular formula is C12H10BF3NO2-. The zero-order chi connectivity index (χ0) is 13.9. The van der Waals surface area contributed by atoms with Gasteiger partial charge in [0, 0.05) is 5.56 Å². The summed E-state index contributed by atoms with van der Waals surface area (Å²) in [5, 5.41) is 2.55. The monoisotopic (exact) mass is 268 g/mol. The molecule has 2 aromatic rings. The van der Waals surface area contributed by atoms with Gasteiger partial charge in [-0.25, -0.2) is 0 Å². The Labute approximate surface area is 107 Å². The number of amides is 1. The molecule has 0 aliphatic rings. The highest BCUT2D eigenvalue weighted by Gasteiger charge is 2.25. The minimum atomic E-state index is -5.03. The van der Waals surface area contributed by atoms with Crippen LogP contribution in [0.5, 0.6) is 0 Å². The molecule has 1 heterocycles. The number of halogens is 3. The average molecular weight is 268 g/mol. The minimum Gasteiger partial charge on any atom is -0.467 e. The molecule has 1 aromatic heterocycles. The largest absolute Gasteiger partial charge is 0.509 e. The molecule has 0 unspecified atom stereocenters. The maximum atomic E-state index is 12.4. The summed E-state index contributed by atoms with van der Waals surface area (Å²) in [5.74, 6) is 0.126. The maximum Gasteiger partial charge on any atom is 0.509 e. The van der Waals surface area contributed by atoms with Crippen LogP contribution in [0.1, 0.15) is 16.1 Å². The van der Waals surface area contributed by atoms with E-state index >= 15 is 0 Å². The number of carbonyl (C=O) groups is 1. The third-order valence-electron chi connectivity index (χ3n) is 2.55. The van der Waals surface area contributed by atoms with Gasteiger partial charge in [-0.15, -0.1) is 5.46 Å². The number of benzene rings is 1. The molecule has 0 fully saturated rings. The molecule has 7 heteroatoms. The normalized spacial score (nSPS) is 11.3. The van der Waals surface area contributed by atoms with Gasteiger partial charge in [0.15, 0.2) is 0 Å². The van der Waals surface area contributed by atoms with E-state index in [-0.39, 0.29) is 12.1 Å². The van der Waals surface area contributed by atoms with E-state index in [9.17, 15) is 17.7 Å². The van der Waals surface area contributed by atoms with Crippen molar-refractivity contribution in [1.82, 2.24) is 5.32 Å². The van der Waals surface area contributed by atoms with Gasteiger partial charge in [-0.3, -0.25) is 4.79 Å². The maximum absolute atomic E-state index is 12.4. The first kappa shape index (κ1) is 13.3. The fourth-order valence-electron chi connectivity index (χ4n) is 1.54. The van der Waals surface area contributed by atoms with Gasteiger partial charge in [0.25, 0.3) is 5.91 Å². The Balaban J connectivity index is 2.00. The SMILES string of the molecule is O=C(NCc1ccco1)c1ccc([B-](F)(F)F)cc1. The van der Waals surface area contributed by atoms with Gasteiger partial charge in [0.1, 0.15) is 5.76 Å². The van der Waals surface area contributed by atoms with Crippen LogP contribution in [0.15, 0.2) is 47.1 Å². The van der Waals surface area contributed by atoms with E-state index in [1.54, 1.807) is 12.1 Å². The smallest absolute Gasteiger partial charge is 0.467 e. The van der Waals surface area contributed by atoms with Gasteiger partial charge in [-0.2, -0.15) is 0 Å². The number of hydrogen-bond donors (Lipinski definition) is 1. The molecule has 2 rings (SSSR count). The molecule has 0 aliphatic carbocycles. The molecule has 0 aliphatic heterocycles. The lowest BCUT2D eigenvalue weighted by Gasteiger charge is -2.14. The Kier molecular flexibility index (Phi) is 3.64. The van der Waals surface area contributed by atoms with E-state index < -0.39 is 18.3 Å². The standard InChI is InChI=1S/C12H10BF3NO2/c14-13(15,16)10-5-3-9(4-6-10)12(18)17-8-11-2-1-7-19-11/h1-7H,8H2,(H,17,18)/q-1. The lowest BCUT2D eigenvalue weighted by atomic mass is 9.80. The summed E-state index contributed by atoms with van der Waals surface area (Å²) in [6, 6.07) is 7.49. The fourth-order valence-corrected chi connectivity index (χ4v) is 1.54. The van der Waals surface area contributed by atoms with Gasteiger partial charge >= 0.3 is 6.98 Å². The van der Waals surface area contributed by atoms with Crippen LogP contribution in [0.25, 0.3) is 0 Å². The van der Waals surface area contributed by atoms with Crippen LogP contribution >= 0.6 is 0 Å². The third-order valence-corrected chi connectivity index (χ3v) is 2.55. The van der Waals surface area contributed by atoms with Crippen LogP contribution in [0.4, 0.5) is 12.9 Å². The molecule has 0 saturated carbocycles. The van der Waals surface area contributed by atoms with Gasteiger partial charge in [-0.1, -0.05) is 24.3 Å². The summed E-state index contributed by atoms with van der Waals surface area (Å²) >= 11 is 0. The average Bonchev–Trinajstić information content (AvgIpc) is 2.88. The zero-order valence-electron chi connectivity index (χ0n) is 9.78. The topological polar surface area (TPSA) is 42.2 Å². The first-order valence-corrected chi connectivity index (χ1v) is 5.57. The fraction of sp³-hybridized carbons (Fsp3) is 0.0833. The first-order chi connectivity index (χ1) is 8.97. The van der Waals surface area contributed by atoms with Crippen LogP contribution in [0, 0.1) is 0 Å². The third kappa shape index (κ3) is 3.40. The lowest BCUT2D eigenvalue weighted by Crippen LogP contribution is -2.34. The summed E-state index contributed by atoms with van der Waals surface area (Å²) in [7, 11) is 0. The van der Waals surface area contributed by atoms with Crippen molar-refractivity contribution in [2.24, 2.45) is 0 Å². The van der Waals surface area contributed by atoms with Crippen molar-refractivity contribution in [2.45, 2.75) is 6.54 Å². The van der Waals surface area contributed by atoms with E-state index in [1.807, 2.05) is 0 Å². The Morgan fingerprint density at radius 1 is 1.16 bits per heavy atom. The minimum absolute atomic E-state index is 0.176. The summed E-state index contributed by atoms with van der Waals surface area (Å²) < 4.78 is 42.2. The lowest BCUT2D eigenvalue weighted by molar-refractivity contribution is 0.0948. The van der Waals surface area contributed by atoms with Crippen molar-refractivity contribution in [3.8, 4) is 0 Å². The van der Waals surface area contributed by atoms with Crippen molar-refractivity contribution in [2.75, 3.05) is 0 Å². The Morgan fingerprint density at radius 2 is 1.84 bits per heavy atom. The summed E-state index contributed by atoms with van der Waals surface area (Å²) in [4.78, 5) is 11.7. The van der Waals surface area contributed by atoms with Crippen LogP contribution in [0.2, 0.25) is 0 Å². The van der Waals surface area contributed by atoms with Crippen molar-refractivity contribution in [3.63, 3.8) is 0 Å². The van der Waals surface area contributed by atoms with Crippen molar-refractivity contribution in [1.29, 1.82) is 0 Å². The van der Waals surface area contributed by atoms with Crippen LogP contribution in [-0.4, -0.2) is 12.9 Å². The van der Waals surface area contributed by atoms with Gasteiger partial charge in [0.2, 0.25) is 0 Å². The van der Waals surface area contributed by atoms with Gasteiger partial charge < -0.3 is 22.7 Å². The number of rotatable bonds is 4. The predicted octanol–water partition coefficient (Wildman–Crippen LogP) is 2.26. The zero-order valence-corrected chi connectivity index (χ0v) is 9.78. The van der Waals surface area contributed by atoms with E-state index in [1.165, 1.54) is 6.26 Å². The predicted molar refractivity (Wildman–Crippen MR) is 65.0 cm³/mol. The molecule has 0 bridgehead atoms. The van der Waals surface area contributed by atoms with Gasteiger partial charge in [-0.05, 0) is 12.1 Å². The molecule has 100 valence electrons. The number of furan rings is 1. The summed E-state index contributed by atoms with van der Waals surface area (Å²) in [5.41, 5.74) is -0.544. The summed E-state index contributed by atoms with van der Waals surface area (Å²) in [6.45, 7) is -4.84. The molecule has 0 atom stereocenters. The molecule has 1 aromatic carbocycles. The van der Waals surface area contributed by atoms with E-state index in [0.717, 1.165) is 24.3 Å². The Morgan fingerprint density at radius 3 is 2.37 bits per heavy atom. The van der Waals surface area contributed by atoms with Crippen LogP contribution < -0.4 is 10.8 Å². The molecule has 1 N–H and O–H groups in total. The molecule has 1 amide bonds. The Hall–Kier alpha value is -2.18. The second-order valence-electron chi connectivity index (χ2n) is 3.96. The van der Waals surface area contributed by atoms with Crippen LogP contribution in [0.3, 0.4) is 0 Å². The molecular weight excluding hydrogens is 258 g/mol. The van der Waals surface area contributed by atoms with E-state index in [2.05, 4.69) is 5.32 Å².